The third-order valence-electron chi connectivity index (χ3n) is 6.00. The Balaban J connectivity index is 1.29. The highest BCUT2D eigenvalue weighted by Crippen LogP contribution is 2.44. The summed E-state index contributed by atoms with van der Waals surface area (Å²) < 4.78 is 5.54. The van der Waals surface area contributed by atoms with Crippen LogP contribution in [0.2, 0.25) is 0 Å². The standard InChI is InChI=1S/C27H26N2O6/c1-27(34,25(31)32)16-28-24(30)14-17-10-12-18(13-11-17)29-26(33)35-15-23-21-8-4-2-6-19(21)20-7-3-5-9-22(20)23/h2-13,23,34H,14-16H2,1H3,(H,28,30)(H,29,33)(H,31,32). The Kier molecular flexibility index (Phi) is 6.84. The van der Waals surface area contributed by atoms with Gasteiger partial charge in [0.2, 0.25) is 5.91 Å². The van der Waals surface area contributed by atoms with Crippen molar-refractivity contribution in [1.82, 2.24) is 5.32 Å². The van der Waals surface area contributed by atoms with E-state index in [-0.39, 0.29) is 18.9 Å². The average Bonchev–Trinajstić information content (AvgIpc) is 3.16. The Labute approximate surface area is 202 Å². The molecule has 8 heteroatoms. The molecule has 0 saturated carbocycles. The third kappa shape index (κ3) is 5.50. The molecule has 0 radical (unpaired) electrons. The van der Waals surface area contributed by atoms with Gasteiger partial charge in [-0.05, 0) is 46.9 Å². The number of rotatable bonds is 8. The van der Waals surface area contributed by atoms with Gasteiger partial charge in [-0.1, -0.05) is 60.7 Å². The summed E-state index contributed by atoms with van der Waals surface area (Å²) in [6.45, 7) is 0.917. The summed E-state index contributed by atoms with van der Waals surface area (Å²) in [4.78, 5) is 35.3. The summed E-state index contributed by atoms with van der Waals surface area (Å²) in [5.74, 6) is -1.87. The van der Waals surface area contributed by atoms with Crippen LogP contribution in [0.25, 0.3) is 11.1 Å². The van der Waals surface area contributed by atoms with Gasteiger partial charge in [0.15, 0.2) is 5.60 Å². The summed E-state index contributed by atoms with van der Waals surface area (Å²) in [5.41, 5.74) is 3.72. The van der Waals surface area contributed by atoms with E-state index in [0.29, 0.717) is 11.3 Å². The van der Waals surface area contributed by atoms with Gasteiger partial charge in [-0.15, -0.1) is 0 Å². The molecule has 0 aliphatic heterocycles. The zero-order chi connectivity index (χ0) is 25.0. The first-order valence-corrected chi connectivity index (χ1v) is 11.2. The van der Waals surface area contributed by atoms with Gasteiger partial charge >= 0.3 is 12.1 Å². The van der Waals surface area contributed by atoms with Crippen LogP contribution in [0, 0.1) is 0 Å². The predicted octanol–water partition coefficient (Wildman–Crippen LogP) is 3.54. The lowest BCUT2D eigenvalue weighted by atomic mass is 9.98. The number of anilines is 1. The van der Waals surface area contributed by atoms with Gasteiger partial charge < -0.3 is 20.3 Å². The Morgan fingerprint density at radius 3 is 2.06 bits per heavy atom. The largest absolute Gasteiger partial charge is 0.479 e. The van der Waals surface area contributed by atoms with Crippen LogP contribution >= 0.6 is 0 Å². The van der Waals surface area contributed by atoms with Crippen LogP contribution in [0.3, 0.4) is 0 Å². The number of hydrogen-bond donors (Lipinski definition) is 4. The first-order valence-electron chi connectivity index (χ1n) is 11.2. The van der Waals surface area contributed by atoms with Crippen LogP contribution in [0.5, 0.6) is 0 Å². The minimum atomic E-state index is -2.04. The molecular formula is C27H26N2O6. The number of fused-ring (bicyclic) bond motifs is 3. The number of aliphatic carboxylic acids is 1. The molecule has 3 aromatic carbocycles. The van der Waals surface area contributed by atoms with Crippen molar-refractivity contribution in [3.05, 3.63) is 89.5 Å². The first kappa shape index (κ1) is 24.0. The van der Waals surface area contributed by atoms with Crippen molar-refractivity contribution in [3.8, 4) is 11.1 Å². The van der Waals surface area contributed by atoms with Crippen LogP contribution in [-0.4, -0.2) is 46.9 Å². The molecule has 2 amide bonds. The SMILES string of the molecule is CC(O)(CNC(=O)Cc1ccc(NC(=O)OCC2c3ccccc3-c3ccccc32)cc1)C(=O)O. The number of ether oxygens (including phenoxy) is 1. The number of hydrogen-bond acceptors (Lipinski definition) is 5. The molecule has 0 bridgehead atoms. The maximum absolute atomic E-state index is 12.4. The molecule has 0 fully saturated rings. The Hall–Kier alpha value is -4.17. The zero-order valence-electron chi connectivity index (χ0n) is 19.2. The molecule has 1 aliphatic rings. The molecule has 8 nitrogen and oxygen atoms in total. The fraction of sp³-hybridized carbons (Fsp3) is 0.222. The highest BCUT2D eigenvalue weighted by atomic mass is 16.5. The van der Waals surface area contributed by atoms with E-state index >= 15 is 0 Å². The second-order valence-electron chi connectivity index (χ2n) is 8.68. The maximum atomic E-state index is 12.4. The van der Waals surface area contributed by atoms with E-state index < -0.39 is 30.1 Å². The Bertz CT molecular complexity index is 1210. The Morgan fingerprint density at radius 1 is 0.914 bits per heavy atom. The molecular weight excluding hydrogens is 448 g/mol. The summed E-state index contributed by atoms with van der Waals surface area (Å²) >= 11 is 0. The molecule has 3 aromatic rings. The number of carbonyl (C=O) groups is 3. The van der Waals surface area contributed by atoms with Crippen molar-refractivity contribution < 1.29 is 29.3 Å². The minimum absolute atomic E-state index is 0.000916. The van der Waals surface area contributed by atoms with Crippen LogP contribution in [-0.2, 0) is 20.7 Å². The van der Waals surface area contributed by atoms with Crippen LogP contribution < -0.4 is 10.6 Å². The van der Waals surface area contributed by atoms with Gasteiger partial charge in [-0.2, -0.15) is 0 Å². The molecule has 0 spiro atoms. The van der Waals surface area contributed by atoms with Gasteiger partial charge in [-0.3, -0.25) is 10.1 Å². The quantitative estimate of drug-likeness (QED) is 0.396. The van der Waals surface area contributed by atoms with E-state index in [0.717, 1.165) is 29.2 Å². The highest BCUT2D eigenvalue weighted by Gasteiger charge is 2.30. The molecule has 0 saturated heterocycles. The second-order valence-corrected chi connectivity index (χ2v) is 8.68. The normalized spacial score (nSPS) is 13.8. The number of aliphatic hydroxyl groups is 1. The van der Waals surface area contributed by atoms with Gasteiger partial charge in [-0.25, -0.2) is 9.59 Å². The molecule has 1 aliphatic carbocycles. The monoisotopic (exact) mass is 474 g/mol. The van der Waals surface area contributed by atoms with Crippen molar-refractivity contribution in [2.45, 2.75) is 24.9 Å². The average molecular weight is 475 g/mol. The Morgan fingerprint density at radius 2 is 1.49 bits per heavy atom. The van der Waals surface area contributed by atoms with Crippen molar-refractivity contribution in [1.29, 1.82) is 0 Å². The summed E-state index contributed by atoms with van der Waals surface area (Å²) in [6, 6.07) is 22.9. The lowest BCUT2D eigenvalue weighted by Gasteiger charge is -2.18. The molecule has 0 aromatic heterocycles. The van der Waals surface area contributed by atoms with E-state index in [2.05, 4.69) is 34.9 Å². The summed E-state index contributed by atoms with van der Waals surface area (Å²) in [7, 11) is 0. The lowest BCUT2D eigenvalue weighted by Crippen LogP contribution is -2.46. The van der Waals surface area contributed by atoms with Crippen molar-refractivity contribution >= 4 is 23.7 Å². The smallest absolute Gasteiger partial charge is 0.411 e. The van der Waals surface area contributed by atoms with Gasteiger partial charge in [0.1, 0.15) is 6.61 Å². The second kappa shape index (κ2) is 9.99. The van der Waals surface area contributed by atoms with E-state index in [9.17, 15) is 19.5 Å². The third-order valence-corrected chi connectivity index (χ3v) is 6.00. The van der Waals surface area contributed by atoms with Gasteiger partial charge in [0.05, 0.1) is 13.0 Å². The van der Waals surface area contributed by atoms with E-state index in [4.69, 9.17) is 9.84 Å². The number of carboxylic acid groups (broad SMARTS) is 1. The fourth-order valence-corrected chi connectivity index (χ4v) is 4.05. The van der Waals surface area contributed by atoms with Crippen molar-refractivity contribution in [3.63, 3.8) is 0 Å². The first-order chi connectivity index (χ1) is 16.7. The van der Waals surface area contributed by atoms with E-state index in [1.54, 1.807) is 24.3 Å². The minimum Gasteiger partial charge on any atom is -0.479 e. The van der Waals surface area contributed by atoms with Gasteiger partial charge in [0, 0.05) is 11.6 Å². The van der Waals surface area contributed by atoms with Gasteiger partial charge in [0.25, 0.3) is 0 Å². The molecule has 35 heavy (non-hydrogen) atoms. The number of nitrogens with one attached hydrogen (secondary N) is 2. The van der Waals surface area contributed by atoms with Crippen molar-refractivity contribution in [2.24, 2.45) is 0 Å². The molecule has 180 valence electrons. The molecule has 0 heterocycles. The number of carboxylic acids is 1. The van der Waals surface area contributed by atoms with Crippen LogP contribution in [0.1, 0.15) is 29.5 Å². The molecule has 4 rings (SSSR count). The number of benzene rings is 3. The number of amides is 2. The number of carbonyl (C=O) groups excluding carboxylic acids is 2. The predicted molar refractivity (Wildman–Crippen MR) is 130 cm³/mol. The molecule has 1 unspecified atom stereocenters. The topological polar surface area (TPSA) is 125 Å². The summed E-state index contributed by atoms with van der Waals surface area (Å²) in [5, 5.41) is 23.6. The van der Waals surface area contributed by atoms with E-state index in [1.807, 2.05) is 24.3 Å². The summed E-state index contributed by atoms with van der Waals surface area (Å²) in [6.07, 6.45) is -0.575. The van der Waals surface area contributed by atoms with E-state index in [1.165, 1.54) is 0 Å². The van der Waals surface area contributed by atoms with Crippen molar-refractivity contribution in [2.75, 3.05) is 18.5 Å². The van der Waals surface area contributed by atoms with Crippen LogP contribution in [0.15, 0.2) is 72.8 Å². The zero-order valence-corrected chi connectivity index (χ0v) is 19.2. The molecule has 1 atom stereocenters. The lowest BCUT2D eigenvalue weighted by molar-refractivity contribution is -0.156. The maximum Gasteiger partial charge on any atom is 0.411 e. The van der Waals surface area contributed by atoms with Crippen LogP contribution in [0.4, 0.5) is 10.5 Å². The molecule has 4 N–H and O–H groups in total. The highest BCUT2D eigenvalue weighted by molar-refractivity contribution is 5.85. The fourth-order valence-electron chi connectivity index (χ4n) is 4.05.